The van der Waals surface area contributed by atoms with Gasteiger partial charge in [-0.05, 0) is 32.4 Å². The van der Waals surface area contributed by atoms with Crippen molar-refractivity contribution in [1.82, 2.24) is 5.32 Å². The van der Waals surface area contributed by atoms with Crippen LogP contribution in [0.25, 0.3) is 0 Å². The summed E-state index contributed by atoms with van der Waals surface area (Å²) in [4.78, 5) is 12.3. The summed E-state index contributed by atoms with van der Waals surface area (Å²) < 4.78 is 5.53. The van der Waals surface area contributed by atoms with E-state index in [4.69, 9.17) is 4.74 Å². The molecule has 23 heavy (non-hydrogen) atoms. The molecule has 2 aromatic carbocycles. The molecule has 0 fully saturated rings. The lowest BCUT2D eigenvalue weighted by molar-refractivity contribution is -0.121. The average Bonchev–Trinajstić information content (AvgIpc) is 2.53. The molecule has 3 nitrogen and oxygen atoms in total. The minimum atomic E-state index is -0.0233. The van der Waals surface area contributed by atoms with Crippen LogP contribution in [0, 0.1) is 6.92 Å². The van der Waals surface area contributed by atoms with Gasteiger partial charge in [-0.2, -0.15) is 0 Å². The largest absolute Gasteiger partial charge is 0.496 e. The summed E-state index contributed by atoms with van der Waals surface area (Å²) in [5.74, 6) is 0.851. The van der Waals surface area contributed by atoms with Crippen LogP contribution in [0.15, 0.2) is 48.5 Å². The second kappa shape index (κ2) is 7.82. The average molecular weight is 311 g/mol. The van der Waals surface area contributed by atoms with Crippen LogP contribution in [0.1, 0.15) is 42.9 Å². The van der Waals surface area contributed by atoms with Crippen molar-refractivity contribution >= 4 is 5.91 Å². The standard InChI is InChI=1S/C20H25NO2/c1-14(2)21-20(22)13-17(16-8-6-5-7-9-16)18-12-15(3)10-11-19(18)23-4/h5-12,14,17H,13H2,1-4H3,(H,21,22)/t17-/m0/s1. The maximum atomic E-state index is 12.3. The fourth-order valence-corrected chi connectivity index (χ4v) is 2.79. The normalized spacial score (nSPS) is 12.0. The van der Waals surface area contributed by atoms with Gasteiger partial charge in [0.25, 0.3) is 0 Å². The summed E-state index contributed by atoms with van der Waals surface area (Å²) >= 11 is 0. The molecule has 0 aliphatic heterocycles. The van der Waals surface area contributed by atoms with Crippen LogP contribution in [0.4, 0.5) is 0 Å². The Kier molecular flexibility index (Phi) is 5.80. The van der Waals surface area contributed by atoms with Crippen molar-refractivity contribution < 1.29 is 9.53 Å². The molecule has 0 aromatic heterocycles. The zero-order valence-corrected chi connectivity index (χ0v) is 14.3. The second-order valence-corrected chi connectivity index (χ2v) is 6.14. The molecule has 0 heterocycles. The number of rotatable bonds is 6. The van der Waals surface area contributed by atoms with E-state index in [1.165, 1.54) is 0 Å². The van der Waals surface area contributed by atoms with Crippen LogP contribution in [-0.4, -0.2) is 19.1 Å². The molecule has 1 amide bonds. The van der Waals surface area contributed by atoms with Crippen molar-refractivity contribution in [3.8, 4) is 5.75 Å². The number of carbonyl (C=O) groups excluding carboxylic acids is 1. The molecular weight excluding hydrogens is 286 g/mol. The van der Waals surface area contributed by atoms with Gasteiger partial charge in [0.05, 0.1) is 7.11 Å². The van der Waals surface area contributed by atoms with Crippen LogP contribution in [0.3, 0.4) is 0 Å². The van der Waals surface area contributed by atoms with Gasteiger partial charge < -0.3 is 10.1 Å². The molecule has 0 spiro atoms. The van der Waals surface area contributed by atoms with E-state index in [0.29, 0.717) is 6.42 Å². The Balaban J connectivity index is 2.42. The predicted molar refractivity (Wildman–Crippen MR) is 93.9 cm³/mol. The third kappa shape index (κ3) is 4.59. The zero-order valence-electron chi connectivity index (χ0n) is 14.3. The van der Waals surface area contributed by atoms with Crippen LogP contribution in [0.5, 0.6) is 5.75 Å². The maximum Gasteiger partial charge on any atom is 0.221 e. The lowest BCUT2D eigenvalue weighted by atomic mass is 9.87. The highest BCUT2D eigenvalue weighted by Crippen LogP contribution is 2.35. The first-order chi connectivity index (χ1) is 11.0. The van der Waals surface area contributed by atoms with E-state index in [-0.39, 0.29) is 17.9 Å². The molecule has 3 heteroatoms. The van der Waals surface area contributed by atoms with E-state index in [1.807, 2.05) is 44.2 Å². The number of carbonyl (C=O) groups is 1. The van der Waals surface area contributed by atoms with Crippen LogP contribution in [0.2, 0.25) is 0 Å². The first kappa shape index (κ1) is 17.1. The molecule has 0 saturated heterocycles. The van der Waals surface area contributed by atoms with Crippen LogP contribution in [-0.2, 0) is 4.79 Å². The van der Waals surface area contributed by atoms with Crippen molar-refractivity contribution in [3.63, 3.8) is 0 Å². The smallest absolute Gasteiger partial charge is 0.221 e. The summed E-state index contributed by atoms with van der Waals surface area (Å²) in [7, 11) is 1.67. The quantitative estimate of drug-likeness (QED) is 0.874. The van der Waals surface area contributed by atoms with Gasteiger partial charge in [-0.25, -0.2) is 0 Å². The Morgan fingerprint density at radius 1 is 1.13 bits per heavy atom. The number of benzene rings is 2. The van der Waals surface area contributed by atoms with Gasteiger partial charge in [-0.15, -0.1) is 0 Å². The number of hydrogen-bond donors (Lipinski definition) is 1. The van der Waals surface area contributed by atoms with Crippen LogP contribution >= 0.6 is 0 Å². The number of ether oxygens (including phenoxy) is 1. The summed E-state index contributed by atoms with van der Waals surface area (Å²) in [6.07, 6.45) is 0.405. The van der Waals surface area contributed by atoms with Crippen LogP contribution < -0.4 is 10.1 Å². The van der Waals surface area contributed by atoms with Crippen molar-refractivity contribution in [2.45, 2.75) is 39.2 Å². The highest BCUT2D eigenvalue weighted by Gasteiger charge is 2.22. The maximum absolute atomic E-state index is 12.3. The summed E-state index contributed by atoms with van der Waals surface area (Å²) in [5, 5.41) is 2.99. The highest BCUT2D eigenvalue weighted by atomic mass is 16.5. The van der Waals surface area contributed by atoms with E-state index in [9.17, 15) is 4.79 Å². The van der Waals surface area contributed by atoms with Gasteiger partial charge in [0.1, 0.15) is 5.75 Å². The Morgan fingerprint density at radius 3 is 2.43 bits per heavy atom. The predicted octanol–water partition coefficient (Wildman–Crippen LogP) is 4.05. The lowest BCUT2D eigenvalue weighted by Crippen LogP contribution is -2.31. The SMILES string of the molecule is COc1ccc(C)cc1[C@@H](CC(=O)NC(C)C)c1ccccc1. The molecule has 0 saturated carbocycles. The van der Waals surface area contributed by atoms with Gasteiger partial charge in [0.15, 0.2) is 0 Å². The minimum Gasteiger partial charge on any atom is -0.496 e. The Hall–Kier alpha value is -2.29. The summed E-state index contributed by atoms with van der Waals surface area (Å²) in [6, 6.07) is 16.4. The molecule has 122 valence electrons. The molecule has 0 aliphatic carbocycles. The fourth-order valence-electron chi connectivity index (χ4n) is 2.79. The molecule has 2 aromatic rings. The third-order valence-electron chi connectivity index (χ3n) is 3.80. The van der Waals surface area contributed by atoms with Gasteiger partial charge in [-0.1, -0.05) is 48.0 Å². The third-order valence-corrected chi connectivity index (χ3v) is 3.80. The van der Waals surface area contributed by atoms with Crippen molar-refractivity contribution in [1.29, 1.82) is 0 Å². The van der Waals surface area contributed by atoms with Gasteiger partial charge in [-0.3, -0.25) is 4.79 Å². The molecule has 0 radical (unpaired) electrons. The molecule has 0 aliphatic rings. The first-order valence-electron chi connectivity index (χ1n) is 8.00. The number of methoxy groups -OCH3 is 1. The molecule has 2 rings (SSSR count). The zero-order chi connectivity index (χ0) is 16.8. The summed E-state index contributed by atoms with van der Waals surface area (Å²) in [5.41, 5.74) is 3.33. The highest BCUT2D eigenvalue weighted by molar-refractivity contribution is 5.78. The number of nitrogens with one attached hydrogen (secondary N) is 1. The van der Waals surface area contributed by atoms with E-state index < -0.39 is 0 Å². The van der Waals surface area contributed by atoms with E-state index in [2.05, 4.69) is 30.4 Å². The fraction of sp³-hybridized carbons (Fsp3) is 0.350. The van der Waals surface area contributed by atoms with Crippen molar-refractivity contribution in [2.75, 3.05) is 7.11 Å². The topological polar surface area (TPSA) is 38.3 Å². The Labute approximate surface area is 138 Å². The molecule has 1 atom stereocenters. The molecule has 0 unspecified atom stereocenters. The number of hydrogen-bond acceptors (Lipinski definition) is 2. The first-order valence-corrected chi connectivity index (χ1v) is 8.00. The number of amides is 1. The molecule has 0 bridgehead atoms. The second-order valence-electron chi connectivity index (χ2n) is 6.14. The minimum absolute atomic E-state index is 0.0233. The van der Waals surface area contributed by atoms with Gasteiger partial charge in [0, 0.05) is 23.9 Å². The summed E-state index contributed by atoms with van der Waals surface area (Å²) in [6.45, 7) is 6.00. The van der Waals surface area contributed by atoms with E-state index >= 15 is 0 Å². The number of aryl methyl sites for hydroxylation is 1. The molecular formula is C20H25NO2. The van der Waals surface area contributed by atoms with Gasteiger partial charge >= 0.3 is 0 Å². The monoisotopic (exact) mass is 311 g/mol. The molecule has 1 N–H and O–H groups in total. The van der Waals surface area contributed by atoms with E-state index in [0.717, 1.165) is 22.4 Å². The van der Waals surface area contributed by atoms with Gasteiger partial charge in [0.2, 0.25) is 5.91 Å². The van der Waals surface area contributed by atoms with E-state index in [1.54, 1.807) is 7.11 Å². The van der Waals surface area contributed by atoms with Crippen molar-refractivity contribution in [2.24, 2.45) is 0 Å². The Morgan fingerprint density at radius 2 is 1.83 bits per heavy atom. The Bertz CT molecular complexity index is 650. The van der Waals surface area contributed by atoms with Crippen molar-refractivity contribution in [3.05, 3.63) is 65.2 Å². The lowest BCUT2D eigenvalue weighted by Gasteiger charge is -2.21.